The standard InChI is InChI=1S/C18H17FN4O2/c1-24-14-7-3-12(4-8-14)20-17-11-16(19)22-18(23-17)21-13-5-9-15(25-2)10-6-13/h3-11H,1-2H3,(H2,20,21,22,23). The quantitative estimate of drug-likeness (QED) is 0.658. The number of benzene rings is 2. The number of methoxy groups -OCH3 is 2. The summed E-state index contributed by atoms with van der Waals surface area (Å²) >= 11 is 0. The van der Waals surface area contributed by atoms with Crippen LogP contribution in [-0.2, 0) is 0 Å². The average molecular weight is 340 g/mol. The van der Waals surface area contributed by atoms with Crippen molar-refractivity contribution in [1.29, 1.82) is 0 Å². The Kier molecular flexibility index (Phi) is 4.94. The molecule has 0 amide bonds. The van der Waals surface area contributed by atoms with Gasteiger partial charge in [0.1, 0.15) is 17.3 Å². The molecule has 0 aliphatic heterocycles. The molecule has 128 valence electrons. The van der Waals surface area contributed by atoms with Crippen LogP contribution < -0.4 is 20.1 Å². The van der Waals surface area contributed by atoms with Crippen molar-refractivity contribution in [2.24, 2.45) is 0 Å². The molecule has 0 bridgehead atoms. The zero-order chi connectivity index (χ0) is 17.6. The van der Waals surface area contributed by atoms with E-state index in [1.165, 1.54) is 6.07 Å². The minimum Gasteiger partial charge on any atom is -0.497 e. The Morgan fingerprint density at radius 2 is 1.28 bits per heavy atom. The van der Waals surface area contributed by atoms with Crippen molar-refractivity contribution in [2.75, 3.05) is 24.9 Å². The van der Waals surface area contributed by atoms with E-state index in [-0.39, 0.29) is 5.95 Å². The van der Waals surface area contributed by atoms with Crippen LogP contribution in [-0.4, -0.2) is 24.2 Å². The summed E-state index contributed by atoms with van der Waals surface area (Å²) in [5, 5.41) is 6.00. The number of aromatic nitrogens is 2. The van der Waals surface area contributed by atoms with Gasteiger partial charge in [0.25, 0.3) is 0 Å². The molecule has 0 unspecified atom stereocenters. The molecule has 0 aliphatic carbocycles. The highest BCUT2D eigenvalue weighted by molar-refractivity contribution is 5.60. The molecule has 0 saturated heterocycles. The molecule has 3 rings (SSSR count). The Morgan fingerprint density at radius 1 is 0.760 bits per heavy atom. The first-order valence-electron chi connectivity index (χ1n) is 7.53. The van der Waals surface area contributed by atoms with Crippen LogP contribution >= 0.6 is 0 Å². The smallest absolute Gasteiger partial charge is 0.231 e. The molecule has 0 aliphatic rings. The molecule has 1 heterocycles. The van der Waals surface area contributed by atoms with E-state index in [0.717, 1.165) is 22.9 Å². The first-order valence-corrected chi connectivity index (χ1v) is 7.53. The fourth-order valence-corrected chi connectivity index (χ4v) is 2.16. The number of nitrogens with one attached hydrogen (secondary N) is 2. The third-order valence-electron chi connectivity index (χ3n) is 3.40. The van der Waals surface area contributed by atoms with E-state index < -0.39 is 5.95 Å². The third-order valence-corrected chi connectivity index (χ3v) is 3.40. The summed E-state index contributed by atoms with van der Waals surface area (Å²) in [6.07, 6.45) is 0. The van der Waals surface area contributed by atoms with Crippen LogP contribution in [0.1, 0.15) is 0 Å². The summed E-state index contributed by atoms with van der Waals surface area (Å²) in [5.74, 6) is 1.32. The van der Waals surface area contributed by atoms with Crippen molar-refractivity contribution in [1.82, 2.24) is 9.97 Å². The molecule has 1 aromatic heterocycles. The summed E-state index contributed by atoms with van der Waals surface area (Å²) < 4.78 is 24.0. The maximum absolute atomic E-state index is 13.8. The van der Waals surface area contributed by atoms with Crippen LogP contribution in [0.4, 0.5) is 27.5 Å². The van der Waals surface area contributed by atoms with Gasteiger partial charge < -0.3 is 20.1 Å². The highest BCUT2D eigenvalue weighted by atomic mass is 19.1. The Bertz CT molecular complexity index is 771. The molecule has 2 N–H and O–H groups in total. The van der Waals surface area contributed by atoms with Crippen molar-refractivity contribution in [3.8, 4) is 11.5 Å². The second-order valence-electron chi connectivity index (χ2n) is 5.11. The van der Waals surface area contributed by atoms with Gasteiger partial charge in [-0.2, -0.15) is 14.4 Å². The summed E-state index contributed by atoms with van der Waals surface area (Å²) in [4.78, 5) is 8.03. The molecule has 7 heteroatoms. The summed E-state index contributed by atoms with van der Waals surface area (Å²) in [6.45, 7) is 0. The molecule has 6 nitrogen and oxygen atoms in total. The molecule has 0 spiro atoms. The van der Waals surface area contributed by atoms with Gasteiger partial charge >= 0.3 is 0 Å². The van der Waals surface area contributed by atoms with E-state index in [1.807, 2.05) is 12.1 Å². The van der Waals surface area contributed by atoms with Gasteiger partial charge in [0.15, 0.2) is 0 Å². The Balaban J connectivity index is 1.76. The molecule has 0 radical (unpaired) electrons. The second kappa shape index (κ2) is 7.48. The van der Waals surface area contributed by atoms with Gasteiger partial charge in [0.05, 0.1) is 14.2 Å². The van der Waals surface area contributed by atoms with Gasteiger partial charge in [-0.1, -0.05) is 0 Å². The van der Waals surface area contributed by atoms with Gasteiger partial charge in [-0.05, 0) is 48.5 Å². The number of rotatable bonds is 6. The topological polar surface area (TPSA) is 68.3 Å². The van der Waals surface area contributed by atoms with E-state index in [4.69, 9.17) is 9.47 Å². The molecule has 0 fully saturated rings. The monoisotopic (exact) mass is 340 g/mol. The van der Waals surface area contributed by atoms with Gasteiger partial charge in [-0.3, -0.25) is 0 Å². The Hall–Kier alpha value is -3.35. The predicted octanol–water partition coefficient (Wildman–Crippen LogP) is 4.12. The highest BCUT2D eigenvalue weighted by Gasteiger charge is 2.06. The summed E-state index contributed by atoms with van der Waals surface area (Å²) in [7, 11) is 3.19. The van der Waals surface area contributed by atoms with Crippen LogP contribution in [0.2, 0.25) is 0 Å². The van der Waals surface area contributed by atoms with Gasteiger partial charge in [0, 0.05) is 17.4 Å². The fourth-order valence-electron chi connectivity index (χ4n) is 2.16. The summed E-state index contributed by atoms with van der Waals surface area (Å²) in [5.41, 5.74) is 1.48. The van der Waals surface area contributed by atoms with Crippen LogP contribution in [0.15, 0.2) is 54.6 Å². The van der Waals surface area contributed by atoms with E-state index in [1.54, 1.807) is 50.6 Å². The average Bonchev–Trinajstić information content (AvgIpc) is 2.62. The number of halogens is 1. The van der Waals surface area contributed by atoms with Crippen molar-refractivity contribution >= 4 is 23.1 Å². The van der Waals surface area contributed by atoms with Crippen LogP contribution in [0, 0.1) is 5.95 Å². The maximum atomic E-state index is 13.8. The molecule has 25 heavy (non-hydrogen) atoms. The lowest BCUT2D eigenvalue weighted by molar-refractivity contribution is 0.415. The minimum absolute atomic E-state index is 0.154. The van der Waals surface area contributed by atoms with E-state index >= 15 is 0 Å². The lowest BCUT2D eigenvalue weighted by Crippen LogP contribution is -2.02. The SMILES string of the molecule is COc1ccc(Nc2cc(F)nc(Nc3ccc(OC)cc3)n2)cc1. The van der Waals surface area contributed by atoms with Crippen molar-refractivity contribution in [2.45, 2.75) is 0 Å². The molecule has 3 aromatic rings. The largest absolute Gasteiger partial charge is 0.497 e. The first-order chi connectivity index (χ1) is 12.2. The molecular weight excluding hydrogens is 323 g/mol. The Morgan fingerprint density at radius 3 is 1.80 bits per heavy atom. The lowest BCUT2D eigenvalue weighted by atomic mass is 10.3. The van der Waals surface area contributed by atoms with Gasteiger partial charge in [-0.25, -0.2) is 0 Å². The molecular formula is C18H17FN4O2. The maximum Gasteiger partial charge on any atom is 0.231 e. The lowest BCUT2D eigenvalue weighted by Gasteiger charge is -2.10. The number of hydrogen-bond acceptors (Lipinski definition) is 6. The van der Waals surface area contributed by atoms with Crippen molar-refractivity contribution in [3.63, 3.8) is 0 Å². The number of anilines is 4. The van der Waals surface area contributed by atoms with Crippen LogP contribution in [0.3, 0.4) is 0 Å². The predicted molar refractivity (Wildman–Crippen MR) is 94.5 cm³/mol. The number of ether oxygens (including phenoxy) is 2. The molecule has 0 atom stereocenters. The van der Waals surface area contributed by atoms with Crippen LogP contribution in [0.25, 0.3) is 0 Å². The van der Waals surface area contributed by atoms with Gasteiger partial charge in [-0.15, -0.1) is 0 Å². The number of hydrogen-bond donors (Lipinski definition) is 2. The Labute approximate surface area is 144 Å². The number of nitrogens with zero attached hydrogens (tertiary/aromatic N) is 2. The zero-order valence-corrected chi connectivity index (χ0v) is 13.8. The van der Waals surface area contributed by atoms with E-state index in [9.17, 15) is 4.39 Å². The van der Waals surface area contributed by atoms with E-state index in [0.29, 0.717) is 5.82 Å². The second-order valence-corrected chi connectivity index (χ2v) is 5.11. The summed E-state index contributed by atoms with van der Waals surface area (Å²) in [6, 6.07) is 15.6. The van der Waals surface area contributed by atoms with Crippen LogP contribution in [0.5, 0.6) is 11.5 Å². The van der Waals surface area contributed by atoms with Crippen molar-refractivity contribution < 1.29 is 13.9 Å². The first kappa shape index (κ1) is 16.5. The molecule has 2 aromatic carbocycles. The third kappa shape index (κ3) is 4.35. The zero-order valence-electron chi connectivity index (χ0n) is 13.8. The normalized spacial score (nSPS) is 10.2. The fraction of sp³-hybridized carbons (Fsp3) is 0.111. The minimum atomic E-state index is -0.637. The van der Waals surface area contributed by atoms with Crippen molar-refractivity contribution in [3.05, 3.63) is 60.5 Å². The molecule has 0 saturated carbocycles. The highest BCUT2D eigenvalue weighted by Crippen LogP contribution is 2.22. The van der Waals surface area contributed by atoms with Gasteiger partial charge in [0.2, 0.25) is 11.9 Å². The van der Waals surface area contributed by atoms with E-state index in [2.05, 4.69) is 20.6 Å².